The maximum atomic E-state index is 5.80. The fraction of sp³-hybridized carbons (Fsp3) is 0.555. The molecule has 9 aliphatic heterocycles. The van der Waals surface area contributed by atoms with Gasteiger partial charge in [0.25, 0.3) is 0 Å². The van der Waals surface area contributed by atoms with Gasteiger partial charge in [-0.1, -0.05) is 225 Å². The normalized spacial score (nSPS) is 18.7. The molecule has 1 aliphatic carbocycles. The van der Waals surface area contributed by atoms with E-state index in [1.54, 1.807) is 0 Å². The zero-order valence-electron chi connectivity index (χ0n) is 93.3. The van der Waals surface area contributed by atoms with Crippen molar-refractivity contribution in [1.82, 2.24) is 44.4 Å². The van der Waals surface area contributed by atoms with E-state index in [0.717, 1.165) is 113 Å². The SMILES string of the molecule is CCCN1CCN(c2ccc(C)cc2)CC1.Cc1ccc(CN2CCCC(C)(C)C2)cc1.Cc1ccc(CN2CCCC(C)C2)cc1.Cc1ccc(N2CCCCC2)cc1.Cc1ccc(N2CCCCC2)cc1.Cc1ccc(N2CCCCC2)nc1.Cc1ccc(N2CCN(C)CC2)cc1.Cc1ccc(OCC2CCCCC2)cc1.Cc1ccc(OCCN2CCCCC2)cc1.Cc1cnc(N2CCN(C)CC2)cn1. The number of hydrogen-bond acceptors (Lipinski definition) is 17. The first kappa shape index (κ1) is 115. The Kier molecular flexibility index (Phi) is 51.3. The number of likely N-dealkylation sites (N-methyl/N-ethyl adjacent to an activating group) is 2. The Hall–Kier alpha value is -9.85. The van der Waals surface area contributed by atoms with E-state index in [1.165, 1.54) is 350 Å². The summed E-state index contributed by atoms with van der Waals surface area (Å²) < 4.78 is 11.5. The van der Waals surface area contributed by atoms with Crippen LogP contribution in [0.4, 0.5) is 34.4 Å². The molecule has 0 bridgehead atoms. The summed E-state index contributed by atoms with van der Waals surface area (Å²) in [4.78, 5) is 42.6. The summed E-state index contributed by atoms with van der Waals surface area (Å²) in [5, 5.41) is 0. The van der Waals surface area contributed by atoms with Crippen LogP contribution < -0.4 is 38.9 Å². The van der Waals surface area contributed by atoms with Crippen molar-refractivity contribution in [2.75, 3.05) is 227 Å². The monoisotopic (exact) mass is 1970 g/mol. The maximum Gasteiger partial charge on any atom is 0.147 e. The van der Waals surface area contributed by atoms with Gasteiger partial charge in [0.15, 0.2) is 0 Å². The number of aryl methyl sites for hydroxylation is 10. The third kappa shape index (κ3) is 45.0. The second-order valence-corrected chi connectivity index (χ2v) is 44.2. The molecule has 10 aliphatic rings. The van der Waals surface area contributed by atoms with Gasteiger partial charge in [-0.05, 0) is 344 Å². The quantitative estimate of drug-likeness (QED) is 0.0768. The first-order chi connectivity index (χ1) is 70.4. The number of piperazine rings is 3. The molecular formula is C128H191N15O2. The van der Waals surface area contributed by atoms with Crippen LogP contribution in [-0.4, -0.2) is 242 Å². The van der Waals surface area contributed by atoms with E-state index in [1.807, 2.05) is 37.6 Å². The highest BCUT2D eigenvalue weighted by Gasteiger charge is 2.27. The zero-order valence-corrected chi connectivity index (χ0v) is 93.3. The van der Waals surface area contributed by atoms with E-state index in [9.17, 15) is 0 Å². The van der Waals surface area contributed by atoms with Gasteiger partial charge < -0.3 is 48.7 Å². The third-order valence-corrected chi connectivity index (χ3v) is 30.0. The van der Waals surface area contributed by atoms with Gasteiger partial charge in [0, 0.05) is 179 Å². The Morgan fingerprint density at radius 1 is 0.290 bits per heavy atom. The second-order valence-electron chi connectivity index (χ2n) is 44.2. The molecule has 0 amide bonds. The van der Waals surface area contributed by atoms with Crippen molar-refractivity contribution in [3.05, 3.63) is 292 Å². The van der Waals surface area contributed by atoms with E-state index < -0.39 is 0 Å². The summed E-state index contributed by atoms with van der Waals surface area (Å²) in [6, 6.07) is 74.2. The summed E-state index contributed by atoms with van der Waals surface area (Å²) in [5.74, 6) is 5.83. The molecule has 17 nitrogen and oxygen atoms in total. The predicted molar refractivity (Wildman–Crippen MR) is 622 cm³/mol. The fourth-order valence-corrected chi connectivity index (χ4v) is 20.6. The lowest BCUT2D eigenvalue weighted by Gasteiger charge is -2.38. The largest absolute Gasteiger partial charge is 0.493 e. The Morgan fingerprint density at radius 3 is 1.04 bits per heavy atom. The Balaban J connectivity index is 0.000000154. The molecule has 10 fully saturated rings. The first-order valence-corrected chi connectivity index (χ1v) is 56.6. The lowest BCUT2D eigenvalue weighted by Crippen LogP contribution is -2.46. The first-order valence-electron chi connectivity index (χ1n) is 56.6. The average Bonchev–Trinajstić information content (AvgIpc) is 0.797. The smallest absolute Gasteiger partial charge is 0.147 e. The molecule has 9 saturated heterocycles. The molecule has 1 unspecified atom stereocenters. The second kappa shape index (κ2) is 64.4. The third-order valence-electron chi connectivity index (χ3n) is 30.0. The van der Waals surface area contributed by atoms with E-state index in [2.05, 4.69) is 372 Å². The van der Waals surface area contributed by atoms with Crippen molar-refractivity contribution >= 4 is 34.4 Å². The van der Waals surface area contributed by atoms with Crippen LogP contribution in [-0.2, 0) is 13.1 Å². The fourth-order valence-electron chi connectivity index (χ4n) is 20.6. The minimum absolute atomic E-state index is 0.503. The molecule has 0 spiro atoms. The summed E-state index contributed by atoms with van der Waals surface area (Å²) >= 11 is 0. The van der Waals surface area contributed by atoms with Crippen LogP contribution in [0, 0.1) is 86.5 Å². The van der Waals surface area contributed by atoms with Gasteiger partial charge in [0.2, 0.25) is 0 Å². The number of anilines is 6. The van der Waals surface area contributed by atoms with Crippen molar-refractivity contribution in [2.45, 2.75) is 251 Å². The highest BCUT2D eigenvalue weighted by atomic mass is 16.5. The Labute approximate surface area is 881 Å². The summed E-state index contributed by atoms with van der Waals surface area (Å²) in [7, 11) is 4.34. The molecule has 0 N–H and O–H groups in total. The van der Waals surface area contributed by atoms with Crippen LogP contribution in [0.3, 0.4) is 0 Å². The van der Waals surface area contributed by atoms with Crippen molar-refractivity contribution in [1.29, 1.82) is 0 Å². The van der Waals surface area contributed by atoms with E-state index in [0.29, 0.717) is 5.41 Å². The molecule has 17 heteroatoms. The van der Waals surface area contributed by atoms with Crippen LogP contribution in [0.25, 0.3) is 0 Å². The number of rotatable bonds is 19. The Bertz CT molecular complexity index is 4800. The molecule has 11 heterocycles. The van der Waals surface area contributed by atoms with Gasteiger partial charge in [-0.3, -0.25) is 24.6 Å². The van der Waals surface area contributed by atoms with Crippen LogP contribution in [0.2, 0.25) is 0 Å². The molecule has 2 aromatic heterocycles. The van der Waals surface area contributed by atoms with Crippen molar-refractivity contribution < 1.29 is 9.47 Å². The molecule has 0 radical (unpaired) electrons. The Morgan fingerprint density at radius 2 is 0.634 bits per heavy atom. The molecule has 20 rings (SSSR count). The van der Waals surface area contributed by atoms with Gasteiger partial charge >= 0.3 is 0 Å². The van der Waals surface area contributed by atoms with Gasteiger partial charge in [-0.15, -0.1) is 0 Å². The number of nitrogens with zero attached hydrogens (tertiary/aromatic N) is 15. The molecule has 10 aromatic rings. The zero-order chi connectivity index (χ0) is 103. The highest BCUT2D eigenvalue weighted by Crippen LogP contribution is 2.32. The molecule has 145 heavy (non-hydrogen) atoms. The van der Waals surface area contributed by atoms with Crippen molar-refractivity contribution in [3.63, 3.8) is 0 Å². The molecular weight excluding hydrogens is 1780 g/mol. The van der Waals surface area contributed by atoms with Crippen LogP contribution >= 0.6 is 0 Å². The van der Waals surface area contributed by atoms with Gasteiger partial charge in [-0.25, -0.2) is 9.97 Å². The number of likely N-dealkylation sites (tertiary alicyclic amines) is 3. The van der Waals surface area contributed by atoms with Crippen molar-refractivity contribution in [2.24, 2.45) is 17.3 Å². The standard InChI is InChI=1S/C15H23N.C14H22N2.C14H21NO.C14H21N.C14H20O.C12H18N2.2C12H17N.C11H16N2.C10H16N4/c1-13-5-7-14(8-6-13)11-16-10-4-9-15(2,3)12-16;1-3-8-15-9-11-16(12-10-15)14-6-4-13(2)5-7-14;1-13-5-7-14(8-6-13)16-12-11-15-9-3-2-4-10-15;1-12-5-7-14(8-6-12)11-15-9-3-4-13(2)10-15;1-12-7-9-14(10-8-12)15-11-13-5-3-2-4-6-13;1-11-3-5-12(6-4-11)14-9-7-13(2)8-10-14;2*1-11-5-7-12(8-6-11)13-9-3-2-4-10-13;1-10-5-6-11(12-9-10)13-7-3-2-4-8-13;1-9-7-12-10(8-11-9)14-5-3-13(2)4-6-14/h5-8H,4,9-12H2,1-3H3;4-7H,3,8-12H2,1-2H3;5-8H,2-4,9-12H2,1H3;5-8,13H,3-4,9-11H2,1-2H3;7-10,13H,2-6,11H2,1H3;3-6H,7-10H2,1-2H3;2*5-8H,2-4,9-10H2,1H3;5-6,9H,2-4,7-8H2,1H3;7-8H,3-6H2,1-2H3. The maximum absolute atomic E-state index is 5.80. The highest BCUT2D eigenvalue weighted by molar-refractivity contribution is 5.51. The average molecular weight is 1970 g/mol. The predicted octanol–water partition coefficient (Wildman–Crippen LogP) is 26.8. The lowest BCUT2D eigenvalue weighted by atomic mass is 9.84. The van der Waals surface area contributed by atoms with E-state index in [4.69, 9.17) is 9.47 Å². The molecule has 8 aromatic carbocycles. The van der Waals surface area contributed by atoms with Gasteiger partial charge in [-0.2, -0.15) is 0 Å². The van der Waals surface area contributed by atoms with Crippen LogP contribution in [0.15, 0.2) is 225 Å². The summed E-state index contributed by atoms with van der Waals surface area (Å²) in [6.07, 6.45) is 35.6. The topological polar surface area (TPSA) is 96.0 Å². The van der Waals surface area contributed by atoms with Crippen LogP contribution in [0.1, 0.15) is 236 Å². The summed E-state index contributed by atoms with van der Waals surface area (Å²) in [6.45, 7) is 65.3. The lowest BCUT2D eigenvalue weighted by molar-refractivity contribution is 0.111. The van der Waals surface area contributed by atoms with Crippen LogP contribution in [0.5, 0.6) is 11.5 Å². The number of hydrogen-bond donors (Lipinski definition) is 0. The number of pyridine rings is 1. The van der Waals surface area contributed by atoms with E-state index >= 15 is 0 Å². The minimum Gasteiger partial charge on any atom is -0.493 e. The number of benzene rings is 8. The molecule has 1 atom stereocenters. The van der Waals surface area contributed by atoms with Crippen molar-refractivity contribution in [3.8, 4) is 11.5 Å². The van der Waals surface area contributed by atoms with Gasteiger partial charge in [0.05, 0.1) is 24.7 Å². The number of piperidine rings is 6. The molecule has 790 valence electrons. The number of ether oxygens (including phenoxy) is 2. The minimum atomic E-state index is 0.503. The molecule has 1 saturated carbocycles. The van der Waals surface area contributed by atoms with E-state index in [-0.39, 0.29) is 0 Å². The van der Waals surface area contributed by atoms with Gasteiger partial charge in [0.1, 0.15) is 29.7 Å². The summed E-state index contributed by atoms with van der Waals surface area (Å²) in [5.41, 5.74) is 21.8. The number of aromatic nitrogens is 3.